The van der Waals surface area contributed by atoms with E-state index in [0.29, 0.717) is 6.42 Å². The van der Waals surface area contributed by atoms with E-state index in [1.807, 2.05) is 0 Å². The van der Waals surface area contributed by atoms with E-state index in [1.165, 1.54) is 0 Å². The molecule has 80 valence electrons. The number of amides is 1. The van der Waals surface area contributed by atoms with Crippen LogP contribution in [0.15, 0.2) is 0 Å². The molecule has 0 aliphatic heterocycles. The number of aliphatic carboxylic acids is 1. The summed E-state index contributed by atoms with van der Waals surface area (Å²) in [5.41, 5.74) is 0. The zero-order chi connectivity index (χ0) is 10.7. The topological polar surface area (TPSA) is 57.6 Å². The predicted molar refractivity (Wildman–Crippen MR) is 51.8 cm³/mol. The molecule has 4 nitrogen and oxygen atoms in total. The average molecular weight is 199 g/mol. The number of carboxylic acid groups (broad SMARTS) is 1. The summed E-state index contributed by atoms with van der Waals surface area (Å²) in [5.74, 6) is -2.12. The molecule has 0 aromatic heterocycles. The number of carbonyl (C=O) groups is 2. The van der Waals surface area contributed by atoms with Gasteiger partial charge in [0, 0.05) is 13.1 Å². The fourth-order valence-corrected chi connectivity index (χ4v) is 1.65. The molecule has 1 aliphatic carbocycles. The standard InChI is InChI=1S/C10H17NO3/c1-3-8(10(13)14)9(12)11(2)7-5-4-6-7/h7-8H,3-6H2,1-2H3,(H,13,14). The summed E-state index contributed by atoms with van der Waals surface area (Å²) >= 11 is 0. The van der Waals surface area contributed by atoms with Gasteiger partial charge in [-0.1, -0.05) is 6.92 Å². The Morgan fingerprint density at radius 3 is 2.36 bits per heavy atom. The van der Waals surface area contributed by atoms with Crippen LogP contribution in [0.2, 0.25) is 0 Å². The Bertz CT molecular complexity index is 236. The monoisotopic (exact) mass is 199 g/mol. The van der Waals surface area contributed by atoms with E-state index in [4.69, 9.17) is 5.11 Å². The summed E-state index contributed by atoms with van der Waals surface area (Å²) in [7, 11) is 1.71. The Hall–Kier alpha value is -1.06. The van der Waals surface area contributed by atoms with Gasteiger partial charge >= 0.3 is 5.97 Å². The molecule has 0 heterocycles. The van der Waals surface area contributed by atoms with Crippen molar-refractivity contribution in [1.29, 1.82) is 0 Å². The Morgan fingerprint density at radius 2 is 2.07 bits per heavy atom. The highest BCUT2D eigenvalue weighted by Crippen LogP contribution is 2.25. The highest BCUT2D eigenvalue weighted by Gasteiger charge is 2.32. The number of hydrogen-bond donors (Lipinski definition) is 1. The van der Waals surface area contributed by atoms with Gasteiger partial charge < -0.3 is 10.0 Å². The molecular weight excluding hydrogens is 182 g/mol. The molecular formula is C10H17NO3. The van der Waals surface area contributed by atoms with Gasteiger partial charge in [-0.3, -0.25) is 9.59 Å². The first-order valence-electron chi connectivity index (χ1n) is 5.07. The lowest BCUT2D eigenvalue weighted by molar-refractivity contribution is -0.152. The molecule has 0 bridgehead atoms. The first kappa shape index (κ1) is 11.0. The first-order valence-corrected chi connectivity index (χ1v) is 5.07. The summed E-state index contributed by atoms with van der Waals surface area (Å²) in [6.45, 7) is 1.73. The largest absolute Gasteiger partial charge is 0.481 e. The van der Waals surface area contributed by atoms with Crippen LogP contribution < -0.4 is 0 Å². The minimum Gasteiger partial charge on any atom is -0.481 e. The molecule has 0 aromatic rings. The molecule has 0 aromatic carbocycles. The maximum Gasteiger partial charge on any atom is 0.316 e. The van der Waals surface area contributed by atoms with Crippen molar-refractivity contribution in [2.75, 3.05) is 7.05 Å². The predicted octanol–water partition coefficient (Wildman–Crippen LogP) is 1.11. The number of carboxylic acids is 1. The molecule has 1 saturated carbocycles. The zero-order valence-electron chi connectivity index (χ0n) is 8.69. The summed E-state index contributed by atoms with van der Waals surface area (Å²) in [4.78, 5) is 24.1. The Kier molecular flexibility index (Phi) is 3.49. The third kappa shape index (κ3) is 2.05. The number of nitrogens with zero attached hydrogens (tertiary/aromatic N) is 1. The molecule has 1 N–H and O–H groups in total. The lowest BCUT2D eigenvalue weighted by Gasteiger charge is -2.35. The van der Waals surface area contributed by atoms with E-state index in [1.54, 1.807) is 18.9 Å². The molecule has 0 saturated heterocycles. The van der Waals surface area contributed by atoms with E-state index in [9.17, 15) is 9.59 Å². The van der Waals surface area contributed by atoms with E-state index >= 15 is 0 Å². The fraction of sp³-hybridized carbons (Fsp3) is 0.800. The average Bonchev–Trinajstić information content (AvgIpc) is 2.01. The minimum absolute atomic E-state index is 0.246. The summed E-state index contributed by atoms with van der Waals surface area (Å²) in [5, 5.41) is 8.82. The molecule has 0 radical (unpaired) electrons. The van der Waals surface area contributed by atoms with Gasteiger partial charge in [-0.25, -0.2) is 0 Å². The second kappa shape index (κ2) is 4.44. The molecule has 1 fully saturated rings. The first-order chi connectivity index (χ1) is 6.57. The Labute approximate surface area is 83.9 Å². The van der Waals surface area contributed by atoms with Gasteiger partial charge in [-0.05, 0) is 25.7 Å². The van der Waals surface area contributed by atoms with Crippen LogP contribution in [-0.4, -0.2) is 35.0 Å². The third-order valence-electron chi connectivity index (χ3n) is 2.97. The van der Waals surface area contributed by atoms with Gasteiger partial charge in [0.05, 0.1) is 0 Å². The Morgan fingerprint density at radius 1 is 1.50 bits per heavy atom. The van der Waals surface area contributed by atoms with Crippen LogP contribution in [0.5, 0.6) is 0 Å². The second-order valence-corrected chi connectivity index (χ2v) is 3.83. The van der Waals surface area contributed by atoms with Crippen LogP contribution in [0.3, 0.4) is 0 Å². The van der Waals surface area contributed by atoms with Crippen molar-refractivity contribution in [3.63, 3.8) is 0 Å². The van der Waals surface area contributed by atoms with Crippen molar-refractivity contribution < 1.29 is 14.7 Å². The second-order valence-electron chi connectivity index (χ2n) is 3.83. The molecule has 1 amide bonds. The SMILES string of the molecule is CCC(C(=O)O)C(=O)N(C)C1CCC1. The molecule has 1 unspecified atom stereocenters. The normalized spacial score (nSPS) is 18.4. The number of hydrogen-bond acceptors (Lipinski definition) is 2. The van der Waals surface area contributed by atoms with E-state index in [2.05, 4.69) is 0 Å². The van der Waals surface area contributed by atoms with Gasteiger partial charge in [0.25, 0.3) is 0 Å². The van der Waals surface area contributed by atoms with Crippen LogP contribution in [0.1, 0.15) is 32.6 Å². The van der Waals surface area contributed by atoms with E-state index < -0.39 is 11.9 Å². The molecule has 0 spiro atoms. The number of rotatable bonds is 4. The summed E-state index contributed by atoms with van der Waals surface area (Å²) < 4.78 is 0. The molecule has 1 aliphatic rings. The molecule has 1 atom stereocenters. The number of carbonyl (C=O) groups excluding carboxylic acids is 1. The highest BCUT2D eigenvalue weighted by molar-refractivity contribution is 5.96. The molecule has 1 rings (SSSR count). The smallest absolute Gasteiger partial charge is 0.316 e. The van der Waals surface area contributed by atoms with Crippen LogP contribution in [0.4, 0.5) is 0 Å². The van der Waals surface area contributed by atoms with Crippen molar-refractivity contribution in [2.24, 2.45) is 5.92 Å². The van der Waals surface area contributed by atoms with Crippen LogP contribution in [0, 0.1) is 5.92 Å². The maximum atomic E-state index is 11.7. The van der Waals surface area contributed by atoms with Gasteiger partial charge in [0.15, 0.2) is 0 Å². The fourth-order valence-electron chi connectivity index (χ4n) is 1.65. The van der Waals surface area contributed by atoms with Gasteiger partial charge in [0.1, 0.15) is 5.92 Å². The van der Waals surface area contributed by atoms with Crippen LogP contribution >= 0.6 is 0 Å². The van der Waals surface area contributed by atoms with Crippen molar-refractivity contribution in [1.82, 2.24) is 4.90 Å². The molecule has 4 heteroatoms. The van der Waals surface area contributed by atoms with Crippen molar-refractivity contribution in [3.8, 4) is 0 Å². The van der Waals surface area contributed by atoms with Crippen LogP contribution in [0.25, 0.3) is 0 Å². The van der Waals surface area contributed by atoms with Gasteiger partial charge in [-0.2, -0.15) is 0 Å². The molecule has 14 heavy (non-hydrogen) atoms. The van der Waals surface area contributed by atoms with Gasteiger partial charge in [0.2, 0.25) is 5.91 Å². The Balaban J connectivity index is 2.56. The summed E-state index contributed by atoms with van der Waals surface area (Å²) in [6, 6.07) is 0.274. The zero-order valence-corrected chi connectivity index (χ0v) is 8.69. The van der Waals surface area contributed by atoms with Crippen molar-refractivity contribution in [3.05, 3.63) is 0 Å². The van der Waals surface area contributed by atoms with Crippen LogP contribution in [-0.2, 0) is 9.59 Å². The maximum absolute atomic E-state index is 11.7. The third-order valence-corrected chi connectivity index (χ3v) is 2.97. The van der Waals surface area contributed by atoms with E-state index in [-0.39, 0.29) is 11.9 Å². The van der Waals surface area contributed by atoms with E-state index in [0.717, 1.165) is 19.3 Å². The van der Waals surface area contributed by atoms with Crippen molar-refractivity contribution in [2.45, 2.75) is 38.6 Å². The van der Waals surface area contributed by atoms with Gasteiger partial charge in [-0.15, -0.1) is 0 Å². The lowest BCUT2D eigenvalue weighted by atomic mass is 9.90. The van der Waals surface area contributed by atoms with Crippen molar-refractivity contribution >= 4 is 11.9 Å². The highest BCUT2D eigenvalue weighted by atomic mass is 16.4. The lowest BCUT2D eigenvalue weighted by Crippen LogP contribution is -2.45. The minimum atomic E-state index is -1.01. The quantitative estimate of drug-likeness (QED) is 0.690. The summed E-state index contributed by atoms with van der Waals surface area (Å²) in [6.07, 6.45) is 3.54.